The molecule has 1 N–H and O–H groups in total. The minimum atomic E-state index is 0.279. The van der Waals surface area contributed by atoms with Crippen LogP contribution in [0.2, 0.25) is 5.02 Å². The van der Waals surface area contributed by atoms with Gasteiger partial charge in [-0.3, -0.25) is 0 Å². The molecule has 0 amide bonds. The molecule has 0 fully saturated rings. The van der Waals surface area contributed by atoms with Gasteiger partial charge in [0.2, 0.25) is 0 Å². The molecule has 4 heteroatoms. The average molecular weight is 307 g/mol. The molecule has 1 aromatic carbocycles. The molecule has 1 heterocycles. The van der Waals surface area contributed by atoms with Crippen LogP contribution >= 0.6 is 11.6 Å². The van der Waals surface area contributed by atoms with E-state index >= 15 is 0 Å². The second-order valence-corrected chi connectivity index (χ2v) is 5.91. The van der Waals surface area contributed by atoms with Crippen LogP contribution in [0.15, 0.2) is 24.3 Å². The zero-order valence-electron chi connectivity index (χ0n) is 12.8. The van der Waals surface area contributed by atoms with Gasteiger partial charge in [0, 0.05) is 18.5 Å². The molecule has 0 saturated heterocycles. The molecule has 0 aliphatic rings. The van der Waals surface area contributed by atoms with E-state index in [2.05, 4.69) is 24.9 Å². The Morgan fingerprint density at radius 2 is 1.95 bits per heavy atom. The molecule has 0 saturated carbocycles. The summed E-state index contributed by atoms with van der Waals surface area (Å²) in [5, 5.41) is 10.7. The number of para-hydroxylation sites is 1. The van der Waals surface area contributed by atoms with Gasteiger partial charge in [-0.15, -0.1) is 0 Å². The first kappa shape index (κ1) is 16.2. The predicted octanol–water partition coefficient (Wildman–Crippen LogP) is 3.79. The number of benzene rings is 1. The lowest BCUT2D eigenvalue weighted by molar-refractivity contribution is 0.270. The largest absolute Gasteiger partial charge is 0.396 e. The van der Waals surface area contributed by atoms with E-state index in [9.17, 15) is 0 Å². The number of hydrogen-bond donors (Lipinski definition) is 1. The normalized spacial score (nSPS) is 11.5. The third-order valence-corrected chi connectivity index (χ3v) is 4.27. The third kappa shape index (κ3) is 4.16. The molecule has 2 rings (SSSR count). The number of nitrogens with zero attached hydrogens (tertiary/aromatic N) is 2. The Morgan fingerprint density at radius 1 is 1.19 bits per heavy atom. The summed E-state index contributed by atoms with van der Waals surface area (Å²) < 4.78 is 0. The number of fused-ring (bicyclic) bond motifs is 1. The highest BCUT2D eigenvalue weighted by Crippen LogP contribution is 2.27. The standard InChI is InChI=1S/C17H23ClN2O/c1-13-14-8-4-5-9-15(14)19-16(17(13)18)12-20(2)10-6-3-7-11-21/h4-5,8-9,21H,3,6-7,10-12H2,1-2H3. The van der Waals surface area contributed by atoms with Gasteiger partial charge < -0.3 is 10.0 Å². The summed E-state index contributed by atoms with van der Waals surface area (Å²) in [6.45, 7) is 4.07. The maximum absolute atomic E-state index is 8.79. The van der Waals surface area contributed by atoms with Gasteiger partial charge in [-0.1, -0.05) is 29.8 Å². The van der Waals surface area contributed by atoms with E-state index in [0.29, 0.717) is 0 Å². The molecule has 0 aliphatic heterocycles. The Labute approximate surface area is 131 Å². The fourth-order valence-corrected chi connectivity index (χ4v) is 2.73. The summed E-state index contributed by atoms with van der Waals surface area (Å²) in [5.74, 6) is 0. The van der Waals surface area contributed by atoms with Crippen LogP contribution in [0.5, 0.6) is 0 Å². The van der Waals surface area contributed by atoms with E-state index in [1.807, 2.05) is 18.2 Å². The van der Waals surface area contributed by atoms with Crippen molar-refractivity contribution < 1.29 is 5.11 Å². The van der Waals surface area contributed by atoms with Gasteiger partial charge in [0.15, 0.2) is 0 Å². The fraction of sp³-hybridized carbons (Fsp3) is 0.471. The quantitative estimate of drug-likeness (QED) is 0.791. The van der Waals surface area contributed by atoms with Gasteiger partial charge in [0.05, 0.1) is 16.2 Å². The van der Waals surface area contributed by atoms with Gasteiger partial charge in [0.25, 0.3) is 0 Å². The number of rotatable bonds is 7. The van der Waals surface area contributed by atoms with Gasteiger partial charge in [0.1, 0.15) is 0 Å². The maximum atomic E-state index is 8.79. The molecule has 0 aliphatic carbocycles. The Morgan fingerprint density at radius 3 is 2.71 bits per heavy atom. The minimum absolute atomic E-state index is 0.279. The van der Waals surface area contributed by atoms with Crippen LogP contribution in [-0.2, 0) is 6.54 Å². The Hall–Kier alpha value is -1.16. The molecule has 1 aromatic heterocycles. The number of pyridine rings is 1. The second-order valence-electron chi connectivity index (χ2n) is 5.54. The first-order valence-corrected chi connectivity index (χ1v) is 7.84. The second kappa shape index (κ2) is 7.74. The number of halogens is 1. The van der Waals surface area contributed by atoms with E-state index < -0.39 is 0 Å². The van der Waals surface area contributed by atoms with E-state index in [0.717, 1.165) is 59.5 Å². The van der Waals surface area contributed by atoms with Crippen LogP contribution in [-0.4, -0.2) is 35.2 Å². The number of aromatic nitrogens is 1. The predicted molar refractivity (Wildman–Crippen MR) is 88.8 cm³/mol. The van der Waals surface area contributed by atoms with Crippen molar-refractivity contribution >= 4 is 22.5 Å². The molecule has 0 radical (unpaired) electrons. The summed E-state index contributed by atoms with van der Waals surface area (Å²) in [6, 6.07) is 8.11. The average Bonchev–Trinajstić information content (AvgIpc) is 2.49. The highest BCUT2D eigenvalue weighted by molar-refractivity contribution is 6.32. The van der Waals surface area contributed by atoms with Gasteiger partial charge in [-0.25, -0.2) is 4.98 Å². The van der Waals surface area contributed by atoms with Crippen LogP contribution in [0.25, 0.3) is 10.9 Å². The Kier molecular flexibility index (Phi) is 5.97. The van der Waals surface area contributed by atoms with Crippen molar-refractivity contribution in [2.24, 2.45) is 0 Å². The minimum Gasteiger partial charge on any atom is -0.396 e. The summed E-state index contributed by atoms with van der Waals surface area (Å²) in [6.07, 6.45) is 3.02. The first-order chi connectivity index (χ1) is 10.1. The summed E-state index contributed by atoms with van der Waals surface area (Å²) in [4.78, 5) is 6.94. The maximum Gasteiger partial charge on any atom is 0.0740 e. The molecule has 3 nitrogen and oxygen atoms in total. The monoisotopic (exact) mass is 306 g/mol. The van der Waals surface area contributed by atoms with E-state index in [-0.39, 0.29) is 6.61 Å². The molecule has 2 aromatic rings. The van der Waals surface area contributed by atoms with Gasteiger partial charge in [-0.05, 0) is 51.4 Å². The molecular formula is C17H23ClN2O. The van der Waals surface area contributed by atoms with Crippen molar-refractivity contribution in [2.45, 2.75) is 32.7 Å². The van der Waals surface area contributed by atoms with Gasteiger partial charge >= 0.3 is 0 Å². The fourth-order valence-electron chi connectivity index (χ4n) is 2.53. The van der Waals surface area contributed by atoms with Crippen molar-refractivity contribution in [2.75, 3.05) is 20.2 Å². The lowest BCUT2D eigenvalue weighted by atomic mass is 10.1. The summed E-state index contributed by atoms with van der Waals surface area (Å²) >= 11 is 6.48. The lowest BCUT2D eigenvalue weighted by Crippen LogP contribution is -2.20. The zero-order valence-corrected chi connectivity index (χ0v) is 13.5. The van der Waals surface area contributed by atoms with Crippen LogP contribution < -0.4 is 0 Å². The topological polar surface area (TPSA) is 36.4 Å². The molecule has 0 spiro atoms. The van der Waals surface area contributed by atoms with Crippen molar-refractivity contribution in [3.8, 4) is 0 Å². The van der Waals surface area contributed by atoms with Crippen LogP contribution in [0, 0.1) is 6.92 Å². The highest BCUT2D eigenvalue weighted by atomic mass is 35.5. The lowest BCUT2D eigenvalue weighted by Gasteiger charge is -2.18. The van der Waals surface area contributed by atoms with Crippen molar-refractivity contribution in [3.05, 3.63) is 40.5 Å². The van der Waals surface area contributed by atoms with Crippen LogP contribution in [0.4, 0.5) is 0 Å². The zero-order chi connectivity index (χ0) is 15.2. The SMILES string of the molecule is Cc1c(Cl)c(CN(C)CCCCCO)nc2ccccc12. The van der Waals surface area contributed by atoms with E-state index in [4.69, 9.17) is 21.7 Å². The summed E-state index contributed by atoms with van der Waals surface area (Å²) in [7, 11) is 2.08. The van der Waals surface area contributed by atoms with Crippen LogP contribution in [0.1, 0.15) is 30.5 Å². The highest BCUT2D eigenvalue weighted by Gasteiger charge is 2.11. The molecule has 0 unspecified atom stereocenters. The van der Waals surface area contributed by atoms with Crippen molar-refractivity contribution in [1.29, 1.82) is 0 Å². The summed E-state index contributed by atoms with van der Waals surface area (Å²) in [5.41, 5.74) is 3.05. The number of unbranched alkanes of at least 4 members (excludes halogenated alkanes) is 2. The molecule has 21 heavy (non-hydrogen) atoms. The van der Waals surface area contributed by atoms with E-state index in [1.54, 1.807) is 0 Å². The number of aliphatic hydroxyl groups is 1. The number of aryl methyl sites for hydroxylation is 1. The van der Waals surface area contributed by atoms with Crippen LogP contribution in [0.3, 0.4) is 0 Å². The van der Waals surface area contributed by atoms with Crippen molar-refractivity contribution in [1.82, 2.24) is 9.88 Å². The molecule has 0 bridgehead atoms. The molecular weight excluding hydrogens is 284 g/mol. The van der Waals surface area contributed by atoms with E-state index in [1.165, 1.54) is 0 Å². The molecule has 0 atom stereocenters. The number of aliphatic hydroxyl groups excluding tert-OH is 1. The molecule has 114 valence electrons. The first-order valence-electron chi connectivity index (χ1n) is 7.46. The number of hydrogen-bond acceptors (Lipinski definition) is 3. The Balaban J connectivity index is 2.09. The smallest absolute Gasteiger partial charge is 0.0740 e. The van der Waals surface area contributed by atoms with Gasteiger partial charge in [-0.2, -0.15) is 0 Å². The third-order valence-electron chi connectivity index (χ3n) is 3.76. The van der Waals surface area contributed by atoms with Crippen molar-refractivity contribution in [3.63, 3.8) is 0 Å². The Bertz CT molecular complexity index is 601.